The van der Waals surface area contributed by atoms with E-state index in [-0.39, 0.29) is 0 Å². The van der Waals surface area contributed by atoms with Crippen molar-refractivity contribution in [2.45, 2.75) is 13.8 Å². The van der Waals surface area contributed by atoms with E-state index in [1.165, 1.54) is 0 Å². The molecule has 0 atom stereocenters. The first-order chi connectivity index (χ1) is 5.13. The molecule has 0 heterocycles. The number of rotatable bonds is 4. The van der Waals surface area contributed by atoms with Crippen molar-refractivity contribution in [3.05, 3.63) is 10.5 Å². The number of allylic oxidation sites excluding steroid dienone is 1. The van der Waals surface area contributed by atoms with Crippen LogP contribution in [-0.4, -0.2) is 18.3 Å². The molecule has 0 saturated carbocycles. The average molecular weight is 190 g/mol. The van der Waals surface area contributed by atoms with E-state index in [0.29, 0.717) is 5.92 Å². The van der Waals surface area contributed by atoms with E-state index >= 15 is 0 Å². The second-order valence-corrected chi connectivity index (χ2v) is 3.96. The van der Waals surface area contributed by atoms with E-state index in [9.17, 15) is 4.79 Å². The summed E-state index contributed by atoms with van der Waals surface area (Å²) in [6.07, 6.45) is 2.88. The number of hydrogen-bond acceptors (Lipinski definition) is 3. The van der Waals surface area contributed by atoms with Gasteiger partial charge in [0.2, 0.25) is 0 Å². The quantitative estimate of drug-likeness (QED) is 0.416. The van der Waals surface area contributed by atoms with E-state index in [4.69, 9.17) is 0 Å². The molecule has 0 aromatic rings. The smallest absolute Gasteiger partial charge is 0.147 e. The summed E-state index contributed by atoms with van der Waals surface area (Å²) in [5.41, 5.74) is 0.816. The van der Waals surface area contributed by atoms with E-state index < -0.39 is 0 Å². The molecular weight excluding hydrogens is 176 g/mol. The lowest BCUT2D eigenvalue weighted by Gasteiger charge is -2.07. The lowest BCUT2D eigenvalue weighted by Crippen LogP contribution is -1.97. The van der Waals surface area contributed by atoms with Gasteiger partial charge < -0.3 is 0 Å². The molecule has 0 rings (SSSR count). The first kappa shape index (κ1) is 11.1. The summed E-state index contributed by atoms with van der Waals surface area (Å²) in [5.74, 6) is 1.12. The van der Waals surface area contributed by atoms with Gasteiger partial charge in [0.15, 0.2) is 0 Å². The van der Waals surface area contributed by atoms with Crippen molar-refractivity contribution in [2.75, 3.05) is 12.0 Å². The molecule has 0 fully saturated rings. The van der Waals surface area contributed by atoms with Crippen LogP contribution in [0.1, 0.15) is 13.8 Å². The number of thiol groups is 1. The van der Waals surface area contributed by atoms with Crippen molar-refractivity contribution in [1.82, 2.24) is 0 Å². The van der Waals surface area contributed by atoms with Crippen LogP contribution >= 0.6 is 24.4 Å². The molecule has 0 unspecified atom stereocenters. The minimum absolute atomic E-state index is 0.352. The summed E-state index contributed by atoms with van der Waals surface area (Å²) in [6.45, 7) is 4.07. The summed E-state index contributed by atoms with van der Waals surface area (Å²) in [6, 6.07) is 0. The highest BCUT2D eigenvalue weighted by molar-refractivity contribution is 7.98. The fourth-order valence-corrected chi connectivity index (χ4v) is 1.47. The van der Waals surface area contributed by atoms with Crippen LogP contribution in [0.5, 0.6) is 0 Å². The van der Waals surface area contributed by atoms with E-state index in [2.05, 4.69) is 12.6 Å². The summed E-state index contributed by atoms with van der Waals surface area (Å²) >= 11 is 5.91. The van der Waals surface area contributed by atoms with Gasteiger partial charge >= 0.3 is 0 Å². The molecule has 11 heavy (non-hydrogen) atoms. The van der Waals surface area contributed by atoms with Gasteiger partial charge in [0.1, 0.15) is 6.29 Å². The second kappa shape index (κ2) is 5.72. The number of aldehydes is 1. The summed E-state index contributed by atoms with van der Waals surface area (Å²) < 4.78 is 0. The fraction of sp³-hybridized carbons (Fsp3) is 0.625. The van der Waals surface area contributed by atoms with Gasteiger partial charge in [-0.3, -0.25) is 4.79 Å². The third-order valence-corrected chi connectivity index (χ3v) is 2.72. The van der Waals surface area contributed by atoms with Crippen molar-refractivity contribution in [1.29, 1.82) is 0 Å². The number of carbonyl (C=O) groups excluding carboxylic acids is 1. The molecule has 0 radical (unpaired) electrons. The standard InChI is InChI=1S/C8H14OS2/c1-6(2)8(10)7(4-9)5-11-3/h4,6,10H,5H2,1-3H3. The Morgan fingerprint density at radius 1 is 1.64 bits per heavy atom. The Morgan fingerprint density at radius 2 is 2.18 bits per heavy atom. The molecule has 0 aliphatic heterocycles. The Labute approximate surface area is 78.0 Å². The zero-order valence-electron chi connectivity index (χ0n) is 7.13. The first-order valence-electron chi connectivity index (χ1n) is 3.49. The molecule has 0 N–H and O–H groups in total. The third-order valence-electron chi connectivity index (χ3n) is 1.32. The predicted octanol–water partition coefficient (Wildman–Crippen LogP) is 2.39. The van der Waals surface area contributed by atoms with Crippen LogP contribution in [0.15, 0.2) is 10.5 Å². The van der Waals surface area contributed by atoms with Crippen molar-refractivity contribution >= 4 is 30.7 Å². The van der Waals surface area contributed by atoms with E-state index in [1.807, 2.05) is 20.1 Å². The minimum atomic E-state index is 0.352. The van der Waals surface area contributed by atoms with Gasteiger partial charge in [-0.2, -0.15) is 11.8 Å². The molecule has 0 aromatic heterocycles. The van der Waals surface area contributed by atoms with Gasteiger partial charge in [-0.15, -0.1) is 12.6 Å². The molecular formula is C8H14OS2. The van der Waals surface area contributed by atoms with E-state index in [0.717, 1.165) is 22.5 Å². The highest BCUT2D eigenvalue weighted by Crippen LogP contribution is 2.19. The zero-order chi connectivity index (χ0) is 8.85. The van der Waals surface area contributed by atoms with Crippen LogP contribution < -0.4 is 0 Å². The van der Waals surface area contributed by atoms with Crippen molar-refractivity contribution in [2.24, 2.45) is 5.92 Å². The lowest BCUT2D eigenvalue weighted by atomic mass is 10.1. The minimum Gasteiger partial charge on any atom is -0.298 e. The largest absolute Gasteiger partial charge is 0.298 e. The van der Waals surface area contributed by atoms with Crippen LogP contribution in [0.4, 0.5) is 0 Å². The maximum Gasteiger partial charge on any atom is 0.147 e. The Kier molecular flexibility index (Phi) is 5.78. The molecule has 0 spiro atoms. The van der Waals surface area contributed by atoms with Gasteiger partial charge in [0, 0.05) is 11.3 Å². The third kappa shape index (κ3) is 3.87. The number of thioether (sulfide) groups is 1. The maximum absolute atomic E-state index is 10.5. The van der Waals surface area contributed by atoms with E-state index in [1.54, 1.807) is 11.8 Å². The molecule has 0 saturated heterocycles. The van der Waals surface area contributed by atoms with Crippen LogP contribution in [0, 0.1) is 5.92 Å². The zero-order valence-corrected chi connectivity index (χ0v) is 8.84. The van der Waals surface area contributed by atoms with Gasteiger partial charge in [-0.1, -0.05) is 13.8 Å². The van der Waals surface area contributed by atoms with Crippen LogP contribution in [0.2, 0.25) is 0 Å². The van der Waals surface area contributed by atoms with Crippen LogP contribution in [0.25, 0.3) is 0 Å². The molecule has 0 amide bonds. The van der Waals surface area contributed by atoms with Crippen LogP contribution in [0.3, 0.4) is 0 Å². The average Bonchev–Trinajstić information content (AvgIpc) is 1.98. The number of hydrogen-bond donors (Lipinski definition) is 1. The normalized spacial score (nSPS) is 13.2. The van der Waals surface area contributed by atoms with Crippen molar-refractivity contribution in [3.63, 3.8) is 0 Å². The highest BCUT2D eigenvalue weighted by Gasteiger charge is 2.04. The topological polar surface area (TPSA) is 17.1 Å². The maximum atomic E-state index is 10.5. The first-order valence-corrected chi connectivity index (χ1v) is 5.33. The van der Waals surface area contributed by atoms with Crippen molar-refractivity contribution in [3.8, 4) is 0 Å². The van der Waals surface area contributed by atoms with Gasteiger partial charge in [0.05, 0.1) is 0 Å². The monoisotopic (exact) mass is 190 g/mol. The Hall–Kier alpha value is 0.110. The summed E-state index contributed by atoms with van der Waals surface area (Å²) in [7, 11) is 0. The second-order valence-electron chi connectivity index (χ2n) is 2.62. The molecule has 0 aliphatic carbocycles. The highest BCUT2D eigenvalue weighted by atomic mass is 32.2. The Morgan fingerprint density at radius 3 is 2.45 bits per heavy atom. The molecule has 0 aromatic carbocycles. The molecule has 0 bridgehead atoms. The van der Waals surface area contributed by atoms with Crippen LogP contribution in [-0.2, 0) is 4.79 Å². The SMILES string of the molecule is CSCC(C=O)=C(S)C(C)C. The Bertz CT molecular complexity index is 161. The fourth-order valence-electron chi connectivity index (χ4n) is 0.695. The summed E-state index contributed by atoms with van der Waals surface area (Å²) in [5, 5.41) is 0. The Balaban J connectivity index is 4.39. The van der Waals surface area contributed by atoms with Gasteiger partial charge in [0.25, 0.3) is 0 Å². The summed E-state index contributed by atoms with van der Waals surface area (Å²) in [4.78, 5) is 11.4. The van der Waals surface area contributed by atoms with Gasteiger partial charge in [-0.25, -0.2) is 0 Å². The van der Waals surface area contributed by atoms with Gasteiger partial charge in [-0.05, 0) is 17.1 Å². The lowest BCUT2D eigenvalue weighted by molar-refractivity contribution is -0.104. The molecule has 64 valence electrons. The molecule has 1 nitrogen and oxygen atoms in total. The molecule has 0 aliphatic rings. The van der Waals surface area contributed by atoms with Crippen molar-refractivity contribution < 1.29 is 4.79 Å². The predicted molar refractivity (Wildman–Crippen MR) is 55.3 cm³/mol. The molecule has 3 heteroatoms. The number of carbonyl (C=O) groups is 1.